The number of carbonyl (C=O) groups is 2. The molecule has 0 spiro atoms. The molecule has 0 unspecified atom stereocenters. The predicted octanol–water partition coefficient (Wildman–Crippen LogP) is 4.71. The van der Waals surface area contributed by atoms with Crippen LogP contribution in [0.2, 0.25) is 5.02 Å². The molecule has 3 aromatic rings. The van der Waals surface area contributed by atoms with Crippen molar-refractivity contribution >= 4 is 34.5 Å². The number of halogens is 4. The minimum atomic E-state index is -4.84. The lowest BCUT2D eigenvalue weighted by Gasteiger charge is -2.34. The van der Waals surface area contributed by atoms with Crippen LogP contribution in [0.25, 0.3) is 11.0 Å². The summed E-state index contributed by atoms with van der Waals surface area (Å²) in [5.74, 6) is -1.09. The molecule has 208 valence electrons. The van der Waals surface area contributed by atoms with Gasteiger partial charge in [-0.1, -0.05) is 17.7 Å². The highest BCUT2D eigenvalue weighted by atomic mass is 35.5. The number of carboxylic acids is 1. The Morgan fingerprint density at radius 1 is 1.15 bits per heavy atom. The largest absolute Gasteiger partial charge is 0.573 e. The van der Waals surface area contributed by atoms with Gasteiger partial charge in [-0.3, -0.25) is 14.5 Å². The molecule has 5 rings (SSSR count). The van der Waals surface area contributed by atoms with E-state index in [0.29, 0.717) is 44.7 Å². The number of alkyl halides is 3. The zero-order valence-corrected chi connectivity index (χ0v) is 21.8. The molecule has 0 radical (unpaired) electrons. The Balaban J connectivity index is 1.33. The van der Waals surface area contributed by atoms with E-state index in [-0.39, 0.29) is 29.8 Å². The average molecular weight is 565 g/mol. The maximum Gasteiger partial charge on any atom is 0.573 e. The third-order valence-corrected chi connectivity index (χ3v) is 7.75. The van der Waals surface area contributed by atoms with E-state index in [2.05, 4.69) is 14.6 Å². The number of hydrogen-bond donors (Lipinski definition) is 1. The van der Waals surface area contributed by atoms with Gasteiger partial charge in [0.05, 0.1) is 18.1 Å². The number of benzene rings is 1. The molecule has 2 aliphatic heterocycles. The number of amides is 1. The van der Waals surface area contributed by atoms with Gasteiger partial charge < -0.3 is 19.3 Å². The van der Waals surface area contributed by atoms with E-state index < -0.39 is 18.1 Å². The smallest absolute Gasteiger partial charge is 0.481 e. The summed E-state index contributed by atoms with van der Waals surface area (Å²) >= 11 is 6.09. The normalized spacial score (nSPS) is 16.9. The van der Waals surface area contributed by atoms with E-state index in [1.54, 1.807) is 6.20 Å². The lowest BCUT2D eigenvalue weighted by Crippen LogP contribution is -2.45. The number of aliphatic carboxylic acids is 1. The summed E-state index contributed by atoms with van der Waals surface area (Å²) in [6, 6.07) is 8.03. The van der Waals surface area contributed by atoms with Gasteiger partial charge >= 0.3 is 12.3 Å². The molecule has 2 aliphatic rings. The fourth-order valence-corrected chi connectivity index (χ4v) is 5.80. The van der Waals surface area contributed by atoms with Gasteiger partial charge in [-0.05, 0) is 73.7 Å². The molecule has 0 aliphatic carbocycles. The summed E-state index contributed by atoms with van der Waals surface area (Å²) in [5, 5.41) is 9.87. The standard InChI is InChI=1S/C27H28ClF3N4O4/c28-21-12-18(3-4-23(21)39-27(29,30)31)14-35-22-15-34(11-7-19(22)20-2-1-8-32-26(20)35)24(36)16-33-9-5-17(6-10-33)13-25(37)38/h1-4,8,12,17H,5-7,9-11,13-16H2,(H,37,38). The third kappa shape index (κ3) is 6.30. The zero-order chi connectivity index (χ0) is 27.7. The number of piperidine rings is 1. The van der Waals surface area contributed by atoms with Crippen molar-refractivity contribution in [2.24, 2.45) is 5.92 Å². The number of fused-ring (bicyclic) bond motifs is 3. The number of ether oxygens (including phenoxy) is 1. The van der Waals surface area contributed by atoms with E-state index in [1.165, 1.54) is 18.2 Å². The number of aromatic nitrogens is 2. The lowest BCUT2D eigenvalue weighted by molar-refractivity contribution is -0.274. The fraction of sp³-hybridized carbons (Fsp3) is 0.444. The topological polar surface area (TPSA) is 87.9 Å². The minimum Gasteiger partial charge on any atom is -0.481 e. The number of likely N-dealkylation sites (tertiary alicyclic amines) is 1. The quantitative estimate of drug-likeness (QED) is 0.447. The summed E-state index contributed by atoms with van der Waals surface area (Å²) in [7, 11) is 0. The first-order valence-electron chi connectivity index (χ1n) is 12.8. The Morgan fingerprint density at radius 2 is 1.92 bits per heavy atom. The molecule has 12 heteroatoms. The Morgan fingerprint density at radius 3 is 2.62 bits per heavy atom. The number of pyridine rings is 1. The Bertz CT molecular complexity index is 1390. The molecule has 1 amide bonds. The van der Waals surface area contributed by atoms with Crippen LogP contribution in [0.1, 0.15) is 36.1 Å². The van der Waals surface area contributed by atoms with Crippen molar-refractivity contribution in [2.75, 3.05) is 26.2 Å². The van der Waals surface area contributed by atoms with Crippen LogP contribution in [0.5, 0.6) is 5.75 Å². The molecule has 0 atom stereocenters. The van der Waals surface area contributed by atoms with E-state index in [1.807, 2.05) is 21.6 Å². The van der Waals surface area contributed by atoms with Crippen molar-refractivity contribution in [1.29, 1.82) is 0 Å². The van der Waals surface area contributed by atoms with Crippen LogP contribution in [0, 0.1) is 5.92 Å². The SMILES string of the molecule is O=C(O)CC1CCN(CC(=O)N2CCc3c(n(Cc4ccc(OC(F)(F)F)c(Cl)c4)c4ncccc34)C2)CC1. The molecule has 39 heavy (non-hydrogen) atoms. The molecule has 1 N–H and O–H groups in total. The monoisotopic (exact) mass is 564 g/mol. The number of carbonyl (C=O) groups excluding carboxylic acids is 1. The van der Waals surface area contributed by atoms with Gasteiger partial charge in [0.25, 0.3) is 0 Å². The fourth-order valence-electron chi connectivity index (χ4n) is 5.56. The molecule has 1 saturated heterocycles. The van der Waals surface area contributed by atoms with Gasteiger partial charge in [0, 0.05) is 36.8 Å². The van der Waals surface area contributed by atoms with Crippen molar-refractivity contribution in [2.45, 2.75) is 45.1 Å². The molecular formula is C27H28ClF3N4O4. The number of nitrogens with zero attached hydrogens (tertiary/aromatic N) is 4. The van der Waals surface area contributed by atoms with E-state index >= 15 is 0 Å². The highest BCUT2D eigenvalue weighted by molar-refractivity contribution is 6.32. The summed E-state index contributed by atoms with van der Waals surface area (Å²) in [5.41, 5.74) is 3.46. The van der Waals surface area contributed by atoms with E-state index in [4.69, 9.17) is 16.7 Å². The average Bonchev–Trinajstić information content (AvgIpc) is 3.19. The van der Waals surface area contributed by atoms with Crippen molar-refractivity contribution in [3.63, 3.8) is 0 Å². The summed E-state index contributed by atoms with van der Waals surface area (Å²) < 4.78 is 43.9. The maximum absolute atomic E-state index is 13.3. The van der Waals surface area contributed by atoms with E-state index in [0.717, 1.165) is 35.1 Å². The van der Waals surface area contributed by atoms with Crippen LogP contribution in [0.3, 0.4) is 0 Å². The van der Waals surface area contributed by atoms with Crippen LogP contribution in [-0.4, -0.2) is 68.9 Å². The Kier molecular flexibility index (Phi) is 7.73. The van der Waals surface area contributed by atoms with Gasteiger partial charge in [-0.25, -0.2) is 4.98 Å². The van der Waals surface area contributed by atoms with Gasteiger partial charge in [0.1, 0.15) is 11.4 Å². The lowest BCUT2D eigenvalue weighted by atomic mass is 9.93. The first kappa shape index (κ1) is 27.3. The second-order valence-electron chi connectivity index (χ2n) is 10.1. The van der Waals surface area contributed by atoms with Crippen molar-refractivity contribution < 1.29 is 32.6 Å². The molecular weight excluding hydrogens is 537 g/mol. The van der Waals surface area contributed by atoms with Crippen molar-refractivity contribution in [3.05, 3.63) is 58.4 Å². The van der Waals surface area contributed by atoms with Crippen LogP contribution < -0.4 is 4.74 Å². The van der Waals surface area contributed by atoms with Crippen molar-refractivity contribution in [1.82, 2.24) is 19.4 Å². The number of rotatable bonds is 7. The zero-order valence-electron chi connectivity index (χ0n) is 21.1. The summed E-state index contributed by atoms with van der Waals surface area (Å²) in [6.45, 7) is 2.95. The second kappa shape index (κ2) is 11.1. The Labute approximate surface area is 227 Å². The number of carboxylic acid groups (broad SMARTS) is 1. The molecule has 1 aromatic carbocycles. The van der Waals surface area contributed by atoms with E-state index in [9.17, 15) is 22.8 Å². The molecule has 2 aromatic heterocycles. The van der Waals surface area contributed by atoms with Crippen LogP contribution in [0.15, 0.2) is 36.5 Å². The number of hydrogen-bond acceptors (Lipinski definition) is 5. The van der Waals surface area contributed by atoms with Gasteiger partial charge in [-0.15, -0.1) is 13.2 Å². The molecule has 0 bridgehead atoms. The Hall–Kier alpha value is -3.31. The van der Waals surface area contributed by atoms with Crippen LogP contribution in [0.4, 0.5) is 13.2 Å². The third-order valence-electron chi connectivity index (χ3n) is 7.46. The van der Waals surface area contributed by atoms with Gasteiger partial charge in [0.2, 0.25) is 5.91 Å². The summed E-state index contributed by atoms with van der Waals surface area (Å²) in [6.07, 6.45) is -0.795. The highest BCUT2D eigenvalue weighted by Gasteiger charge is 2.32. The van der Waals surface area contributed by atoms with Gasteiger partial charge in [-0.2, -0.15) is 0 Å². The van der Waals surface area contributed by atoms with Crippen LogP contribution >= 0.6 is 11.6 Å². The van der Waals surface area contributed by atoms with Crippen LogP contribution in [-0.2, 0) is 29.1 Å². The maximum atomic E-state index is 13.3. The highest BCUT2D eigenvalue weighted by Crippen LogP contribution is 2.34. The molecule has 8 nitrogen and oxygen atoms in total. The first-order valence-corrected chi connectivity index (χ1v) is 13.2. The molecule has 0 saturated carbocycles. The summed E-state index contributed by atoms with van der Waals surface area (Å²) in [4.78, 5) is 32.7. The van der Waals surface area contributed by atoms with Gasteiger partial charge in [0.15, 0.2) is 0 Å². The second-order valence-corrected chi connectivity index (χ2v) is 10.5. The first-order chi connectivity index (χ1) is 18.6. The minimum absolute atomic E-state index is 0.0128. The molecule has 4 heterocycles. The van der Waals surface area contributed by atoms with Crippen molar-refractivity contribution in [3.8, 4) is 5.75 Å². The predicted molar refractivity (Wildman–Crippen MR) is 138 cm³/mol. The molecule has 1 fully saturated rings.